The second-order valence-electron chi connectivity index (χ2n) is 8.95. The van der Waals surface area contributed by atoms with E-state index in [0.29, 0.717) is 38.9 Å². The normalized spacial score (nSPS) is 18.7. The number of hydrogen-bond acceptors (Lipinski definition) is 6. The number of likely N-dealkylation sites (tertiary alicyclic amines) is 1. The van der Waals surface area contributed by atoms with Crippen LogP contribution in [0.5, 0.6) is 0 Å². The maximum atomic E-state index is 13.5. The summed E-state index contributed by atoms with van der Waals surface area (Å²) >= 11 is 0. The molecule has 8 heteroatoms. The molecule has 0 bridgehead atoms. The molecule has 4 rings (SSSR count). The van der Waals surface area contributed by atoms with E-state index < -0.39 is 17.5 Å². The van der Waals surface area contributed by atoms with Crippen LogP contribution in [0.15, 0.2) is 58.7 Å². The Labute approximate surface area is 199 Å². The highest BCUT2D eigenvalue weighted by atomic mass is 16.5. The number of nitrogens with zero attached hydrogens (tertiary/aromatic N) is 3. The van der Waals surface area contributed by atoms with Crippen LogP contribution in [0.4, 0.5) is 4.79 Å². The van der Waals surface area contributed by atoms with Crippen LogP contribution in [-0.2, 0) is 20.7 Å². The molecule has 34 heavy (non-hydrogen) atoms. The number of rotatable bonds is 8. The molecule has 0 unspecified atom stereocenters. The number of esters is 1. The zero-order valence-electron chi connectivity index (χ0n) is 19.7. The molecule has 2 aromatic rings. The highest BCUT2D eigenvalue weighted by Crippen LogP contribution is 2.37. The number of furan rings is 1. The molecule has 8 nitrogen and oxygen atoms in total. The second kappa shape index (κ2) is 10.3. The van der Waals surface area contributed by atoms with Crippen molar-refractivity contribution in [2.24, 2.45) is 0 Å². The van der Waals surface area contributed by atoms with Gasteiger partial charge in [0.05, 0.1) is 13.4 Å². The Morgan fingerprint density at radius 3 is 2.47 bits per heavy atom. The van der Waals surface area contributed by atoms with Crippen molar-refractivity contribution in [3.63, 3.8) is 0 Å². The molecule has 3 heterocycles. The van der Waals surface area contributed by atoms with E-state index in [9.17, 15) is 14.4 Å². The number of urea groups is 1. The number of imide groups is 1. The number of amides is 3. The highest BCUT2D eigenvalue weighted by molar-refractivity contribution is 6.08. The van der Waals surface area contributed by atoms with Gasteiger partial charge in [-0.3, -0.25) is 19.4 Å². The van der Waals surface area contributed by atoms with E-state index in [1.165, 1.54) is 7.11 Å². The van der Waals surface area contributed by atoms with Gasteiger partial charge in [-0.25, -0.2) is 4.79 Å². The van der Waals surface area contributed by atoms with Crippen LogP contribution in [0.3, 0.4) is 0 Å². The Balaban J connectivity index is 1.48. The van der Waals surface area contributed by atoms with Gasteiger partial charge in [0.1, 0.15) is 17.8 Å². The van der Waals surface area contributed by atoms with Gasteiger partial charge in [-0.05, 0) is 50.0 Å². The summed E-state index contributed by atoms with van der Waals surface area (Å²) in [4.78, 5) is 43.8. The molecule has 2 aliphatic rings. The Hall–Kier alpha value is -3.39. The van der Waals surface area contributed by atoms with Crippen molar-refractivity contribution in [1.82, 2.24) is 14.7 Å². The molecule has 0 N–H and O–H groups in total. The van der Waals surface area contributed by atoms with Crippen LogP contribution in [0.25, 0.3) is 6.08 Å². The Morgan fingerprint density at radius 2 is 1.82 bits per heavy atom. The number of benzene rings is 1. The van der Waals surface area contributed by atoms with Gasteiger partial charge in [-0.15, -0.1) is 0 Å². The van der Waals surface area contributed by atoms with Crippen molar-refractivity contribution in [3.05, 3.63) is 65.6 Å². The van der Waals surface area contributed by atoms with Crippen LogP contribution in [0.2, 0.25) is 0 Å². The predicted octanol–water partition coefficient (Wildman–Crippen LogP) is 3.20. The largest absolute Gasteiger partial charge is 0.468 e. The molecule has 1 aromatic carbocycles. The fourth-order valence-corrected chi connectivity index (χ4v) is 4.89. The molecule has 180 valence electrons. The number of carbonyl (C=O) groups excluding carboxylic acids is 3. The Bertz CT molecular complexity index is 1040. The van der Waals surface area contributed by atoms with E-state index in [-0.39, 0.29) is 12.5 Å². The van der Waals surface area contributed by atoms with Crippen molar-refractivity contribution in [2.75, 3.05) is 39.8 Å². The van der Waals surface area contributed by atoms with Crippen LogP contribution in [0.1, 0.15) is 31.1 Å². The highest BCUT2D eigenvalue weighted by Gasteiger charge is 2.58. The third kappa shape index (κ3) is 4.92. The average molecular weight is 466 g/mol. The monoisotopic (exact) mass is 465 g/mol. The lowest BCUT2D eigenvalue weighted by Gasteiger charge is -2.42. The average Bonchev–Trinajstić information content (AvgIpc) is 3.41. The van der Waals surface area contributed by atoms with E-state index in [4.69, 9.17) is 9.15 Å². The second-order valence-corrected chi connectivity index (χ2v) is 8.95. The standard InChI is InChI=1S/C26H31N3O5/c1-20(17-22-9-6-16-34-22)18-27-14-11-26(12-15-27)24(31)28(19-23(30)33-2)25(32)29(26)13-10-21-7-4-3-5-8-21/h3-9,16-17H,10-15,18-19H2,1-2H3/b20-17+. The third-order valence-electron chi connectivity index (χ3n) is 6.69. The van der Waals surface area contributed by atoms with Crippen LogP contribution in [0, 0.1) is 0 Å². The first-order valence-electron chi connectivity index (χ1n) is 11.6. The maximum Gasteiger partial charge on any atom is 0.328 e. The first-order chi connectivity index (χ1) is 16.4. The number of ether oxygens (including phenoxy) is 1. The molecule has 2 aliphatic heterocycles. The lowest BCUT2D eigenvalue weighted by molar-refractivity contribution is -0.146. The molecule has 1 aromatic heterocycles. The summed E-state index contributed by atoms with van der Waals surface area (Å²) in [6.07, 6.45) is 5.36. The number of hydrogen-bond donors (Lipinski definition) is 0. The Kier molecular flexibility index (Phi) is 7.17. The van der Waals surface area contributed by atoms with Crippen LogP contribution >= 0.6 is 0 Å². The van der Waals surface area contributed by atoms with Crippen molar-refractivity contribution >= 4 is 24.0 Å². The minimum Gasteiger partial charge on any atom is -0.468 e. The maximum absolute atomic E-state index is 13.5. The van der Waals surface area contributed by atoms with Crippen molar-refractivity contribution in [3.8, 4) is 0 Å². The zero-order chi connectivity index (χ0) is 24.1. The molecule has 0 saturated carbocycles. The smallest absolute Gasteiger partial charge is 0.328 e. The summed E-state index contributed by atoms with van der Waals surface area (Å²) in [5, 5.41) is 0. The molecule has 3 amide bonds. The zero-order valence-corrected chi connectivity index (χ0v) is 19.7. The quantitative estimate of drug-likeness (QED) is 0.440. The summed E-state index contributed by atoms with van der Waals surface area (Å²) in [5.74, 6) is -0.0792. The molecule has 1 spiro atoms. The third-order valence-corrected chi connectivity index (χ3v) is 6.69. The fraction of sp³-hybridized carbons (Fsp3) is 0.423. The summed E-state index contributed by atoms with van der Waals surface area (Å²) in [6, 6.07) is 13.3. The van der Waals surface area contributed by atoms with Gasteiger partial charge < -0.3 is 14.1 Å². The van der Waals surface area contributed by atoms with Gasteiger partial charge >= 0.3 is 12.0 Å². The van der Waals surface area contributed by atoms with E-state index in [1.54, 1.807) is 11.2 Å². The Morgan fingerprint density at radius 1 is 1.09 bits per heavy atom. The summed E-state index contributed by atoms with van der Waals surface area (Å²) in [6.45, 7) is 4.23. The predicted molar refractivity (Wildman–Crippen MR) is 127 cm³/mol. The van der Waals surface area contributed by atoms with Crippen molar-refractivity contribution in [2.45, 2.75) is 31.7 Å². The van der Waals surface area contributed by atoms with Gasteiger partial charge in [0, 0.05) is 26.2 Å². The molecular weight excluding hydrogens is 434 g/mol. The van der Waals surface area contributed by atoms with Gasteiger partial charge in [0.2, 0.25) is 0 Å². The molecule has 0 aliphatic carbocycles. The van der Waals surface area contributed by atoms with Gasteiger partial charge in [0.25, 0.3) is 5.91 Å². The SMILES string of the molecule is COC(=O)CN1C(=O)N(CCc2ccccc2)C2(CCN(C/C(C)=C/c3ccco3)CC2)C1=O. The topological polar surface area (TPSA) is 83.3 Å². The minimum atomic E-state index is -0.922. The lowest BCUT2D eigenvalue weighted by atomic mass is 9.85. The van der Waals surface area contributed by atoms with Crippen molar-refractivity contribution in [1.29, 1.82) is 0 Å². The van der Waals surface area contributed by atoms with Crippen molar-refractivity contribution < 1.29 is 23.5 Å². The number of piperidine rings is 1. The lowest BCUT2D eigenvalue weighted by Crippen LogP contribution is -2.57. The molecule has 2 fully saturated rings. The molecule has 0 radical (unpaired) electrons. The van der Waals surface area contributed by atoms with Gasteiger partial charge in [0.15, 0.2) is 0 Å². The summed E-state index contributed by atoms with van der Waals surface area (Å²) in [7, 11) is 1.26. The summed E-state index contributed by atoms with van der Waals surface area (Å²) in [5.41, 5.74) is 1.34. The van der Waals surface area contributed by atoms with E-state index >= 15 is 0 Å². The van der Waals surface area contributed by atoms with Crippen LogP contribution in [-0.4, -0.2) is 78.0 Å². The van der Waals surface area contributed by atoms with Gasteiger partial charge in [-0.1, -0.05) is 35.9 Å². The first-order valence-corrected chi connectivity index (χ1v) is 11.6. The number of carbonyl (C=O) groups is 3. The molecule has 2 saturated heterocycles. The van der Waals surface area contributed by atoms with Crippen LogP contribution < -0.4 is 0 Å². The number of methoxy groups -OCH3 is 1. The van der Waals surface area contributed by atoms with E-state index in [1.807, 2.05) is 48.5 Å². The fourth-order valence-electron chi connectivity index (χ4n) is 4.89. The first kappa shape index (κ1) is 23.8. The summed E-state index contributed by atoms with van der Waals surface area (Å²) < 4.78 is 10.1. The van der Waals surface area contributed by atoms with Gasteiger partial charge in [-0.2, -0.15) is 0 Å². The minimum absolute atomic E-state index is 0.293. The van der Waals surface area contributed by atoms with E-state index in [0.717, 1.165) is 28.3 Å². The molecule has 0 atom stereocenters. The molecular formula is C26H31N3O5. The van der Waals surface area contributed by atoms with E-state index in [2.05, 4.69) is 11.8 Å².